The predicted molar refractivity (Wildman–Crippen MR) is 122 cm³/mol. The molecule has 2 heterocycles. The number of ether oxygens (including phenoxy) is 1. The standard InChI is InChI=1S/C24H23ClN2O2S/c1-14-6-11-18-20(12-14)30-24-21(18)23(28)26-22(27-24)15-7-9-17(10-8-15)29-13-16-4-2-3-5-19(16)25/h2-5,7-10,14,22,27H,6,11-13H2,1H3,(H,26,28)/t14-,22-/m0/s1. The number of halogens is 1. The summed E-state index contributed by atoms with van der Waals surface area (Å²) >= 11 is 7.94. The van der Waals surface area contributed by atoms with E-state index < -0.39 is 0 Å². The molecule has 0 fully saturated rings. The summed E-state index contributed by atoms with van der Waals surface area (Å²) in [7, 11) is 0. The molecular formula is C24H23ClN2O2S. The first-order valence-electron chi connectivity index (χ1n) is 10.3. The molecule has 6 heteroatoms. The fourth-order valence-corrected chi connectivity index (χ4v) is 5.79. The highest BCUT2D eigenvalue weighted by molar-refractivity contribution is 7.16. The number of fused-ring (bicyclic) bond motifs is 3. The van der Waals surface area contributed by atoms with E-state index in [4.69, 9.17) is 16.3 Å². The molecule has 154 valence electrons. The molecule has 0 bridgehead atoms. The highest BCUT2D eigenvalue weighted by atomic mass is 35.5. The number of hydrogen-bond acceptors (Lipinski definition) is 4. The lowest BCUT2D eigenvalue weighted by Crippen LogP contribution is -2.38. The summed E-state index contributed by atoms with van der Waals surface area (Å²) in [6.45, 7) is 2.70. The van der Waals surface area contributed by atoms with Gasteiger partial charge in [0.2, 0.25) is 0 Å². The largest absolute Gasteiger partial charge is 0.489 e. The highest BCUT2D eigenvalue weighted by Gasteiger charge is 2.33. The van der Waals surface area contributed by atoms with Gasteiger partial charge >= 0.3 is 0 Å². The van der Waals surface area contributed by atoms with E-state index in [0.29, 0.717) is 17.5 Å². The minimum Gasteiger partial charge on any atom is -0.489 e. The molecule has 0 saturated heterocycles. The number of rotatable bonds is 4. The summed E-state index contributed by atoms with van der Waals surface area (Å²) in [6, 6.07) is 15.5. The zero-order chi connectivity index (χ0) is 20.7. The van der Waals surface area contributed by atoms with Gasteiger partial charge in [-0.1, -0.05) is 48.9 Å². The van der Waals surface area contributed by atoms with Crippen LogP contribution in [-0.2, 0) is 19.4 Å². The number of carbonyl (C=O) groups is 1. The van der Waals surface area contributed by atoms with Crippen molar-refractivity contribution in [2.45, 2.75) is 39.0 Å². The maximum Gasteiger partial charge on any atom is 0.256 e. The number of carbonyl (C=O) groups excluding carboxylic acids is 1. The van der Waals surface area contributed by atoms with E-state index in [1.807, 2.05) is 48.5 Å². The van der Waals surface area contributed by atoms with E-state index in [9.17, 15) is 4.79 Å². The minimum absolute atomic E-state index is 0.0276. The van der Waals surface area contributed by atoms with Crippen LogP contribution in [0.4, 0.5) is 5.00 Å². The van der Waals surface area contributed by atoms with Crippen LogP contribution < -0.4 is 15.4 Å². The van der Waals surface area contributed by atoms with Crippen molar-refractivity contribution in [3.8, 4) is 5.75 Å². The fraction of sp³-hybridized carbons (Fsp3) is 0.292. The van der Waals surface area contributed by atoms with E-state index in [1.165, 1.54) is 10.4 Å². The summed E-state index contributed by atoms with van der Waals surface area (Å²) in [6.07, 6.45) is 2.99. The third-order valence-corrected chi connectivity index (χ3v) is 7.41. The Bertz CT molecular complexity index is 1090. The molecule has 30 heavy (non-hydrogen) atoms. The highest BCUT2D eigenvalue weighted by Crippen LogP contribution is 2.42. The van der Waals surface area contributed by atoms with Crippen LogP contribution in [0.2, 0.25) is 5.02 Å². The minimum atomic E-state index is -0.236. The summed E-state index contributed by atoms with van der Waals surface area (Å²) in [5.74, 6) is 1.48. The first-order valence-corrected chi connectivity index (χ1v) is 11.5. The average Bonchev–Trinajstić information content (AvgIpc) is 3.11. The molecule has 1 aliphatic heterocycles. The van der Waals surface area contributed by atoms with Gasteiger partial charge in [-0.15, -0.1) is 11.3 Å². The first-order chi connectivity index (χ1) is 14.6. The van der Waals surface area contributed by atoms with Crippen LogP contribution in [0.1, 0.15) is 51.4 Å². The van der Waals surface area contributed by atoms with Gasteiger partial charge in [0.05, 0.1) is 5.56 Å². The molecule has 1 amide bonds. The van der Waals surface area contributed by atoms with E-state index in [-0.39, 0.29) is 12.1 Å². The molecule has 0 unspecified atom stereocenters. The van der Waals surface area contributed by atoms with Gasteiger partial charge in [0, 0.05) is 15.5 Å². The van der Waals surface area contributed by atoms with Gasteiger partial charge in [-0.25, -0.2) is 0 Å². The molecule has 2 aliphatic rings. The smallest absolute Gasteiger partial charge is 0.256 e. The SMILES string of the molecule is C[C@H]1CCc2c(sc3c2C(=O)N[C@H](c2ccc(OCc4ccccc4Cl)cc2)N3)C1. The molecule has 0 saturated carbocycles. The Labute approximate surface area is 185 Å². The van der Waals surface area contributed by atoms with E-state index >= 15 is 0 Å². The molecule has 2 atom stereocenters. The van der Waals surface area contributed by atoms with Gasteiger partial charge in [0.1, 0.15) is 23.5 Å². The van der Waals surface area contributed by atoms with E-state index in [0.717, 1.165) is 46.7 Å². The molecule has 1 aliphatic carbocycles. The van der Waals surface area contributed by atoms with Gasteiger partial charge in [0.15, 0.2) is 0 Å². The Morgan fingerprint density at radius 2 is 1.93 bits per heavy atom. The van der Waals surface area contributed by atoms with Crippen LogP contribution >= 0.6 is 22.9 Å². The normalized spacial score (nSPS) is 20.0. The topological polar surface area (TPSA) is 50.4 Å². The van der Waals surface area contributed by atoms with Crippen LogP contribution in [-0.4, -0.2) is 5.91 Å². The molecule has 3 aromatic rings. The van der Waals surface area contributed by atoms with Crippen molar-refractivity contribution in [3.63, 3.8) is 0 Å². The molecule has 2 aromatic carbocycles. The average molecular weight is 439 g/mol. The molecule has 5 rings (SSSR count). The number of amides is 1. The second-order valence-corrected chi connectivity index (χ2v) is 9.57. The Balaban J connectivity index is 1.30. The van der Waals surface area contributed by atoms with Crippen LogP contribution in [0.25, 0.3) is 0 Å². The molecule has 4 nitrogen and oxygen atoms in total. The summed E-state index contributed by atoms with van der Waals surface area (Å²) in [5, 5.41) is 8.35. The number of nitrogens with one attached hydrogen (secondary N) is 2. The third-order valence-electron chi connectivity index (χ3n) is 5.86. The van der Waals surface area contributed by atoms with Gasteiger partial charge in [-0.2, -0.15) is 0 Å². The van der Waals surface area contributed by atoms with Crippen molar-refractivity contribution in [2.75, 3.05) is 5.32 Å². The Hall–Kier alpha value is -2.50. The quantitative estimate of drug-likeness (QED) is 0.528. The van der Waals surface area contributed by atoms with E-state index in [2.05, 4.69) is 17.6 Å². The lowest BCUT2D eigenvalue weighted by molar-refractivity contribution is 0.0935. The Morgan fingerprint density at radius 3 is 2.73 bits per heavy atom. The van der Waals surface area contributed by atoms with Crippen LogP contribution in [0.5, 0.6) is 5.75 Å². The maximum absolute atomic E-state index is 12.9. The summed E-state index contributed by atoms with van der Waals surface area (Å²) in [5.41, 5.74) is 4.06. The zero-order valence-corrected chi connectivity index (χ0v) is 18.3. The van der Waals surface area contributed by atoms with Crippen molar-refractivity contribution in [1.29, 1.82) is 0 Å². The number of hydrogen-bond donors (Lipinski definition) is 2. The van der Waals surface area contributed by atoms with E-state index in [1.54, 1.807) is 11.3 Å². The Morgan fingerprint density at radius 1 is 1.13 bits per heavy atom. The molecular weight excluding hydrogens is 416 g/mol. The number of anilines is 1. The fourth-order valence-electron chi connectivity index (χ4n) is 4.16. The molecule has 1 aromatic heterocycles. The first kappa shape index (κ1) is 19.5. The summed E-state index contributed by atoms with van der Waals surface area (Å²) in [4.78, 5) is 14.2. The van der Waals surface area contributed by atoms with Crippen molar-refractivity contribution >= 4 is 33.8 Å². The molecule has 0 radical (unpaired) electrons. The van der Waals surface area contributed by atoms with Gasteiger partial charge in [-0.3, -0.25) is 4.79 Å². The number of benzene rings is 2. The van der Waals surface area contributed by atoms with Crippen molar-refractivity contribution in [2.24, 2.45) is 5.92 Å². The Kier molecular flexibility index (Phi) is 5.17. The molecule has 2 N–H and O–H groups in total. The third kappa shape index (κ3) is 3.68. The lowest BCUT2D eigenvalue weighted by Gasteiger charge is -2.27. The second-order valence-electron chi connectivity index (χ2n) is 8.06. The van der Waals surface area contributed by atoms with Crippen LogP contribution in [0.15, 0.2) is 48.5 Å². The van der Waals surface area contributed by atoms with Crippen LogP contribution in [0, 0.1) is 5.92 Å². The summed E-state index contributed by atoms with van der Waals surface area (Å²) < 4.78 is 5.87. The molecule has 0 spiro atoms. The lowest BCUT2D eigenvalue weighted by atomic mass is 9.88. The maximum atomic E-state index is 12.9. The van der Waals surface area contributed by atoms with Crippen molar-refractivity contribution in [3.05, 3.63) is 80.7 Å². The zero-order valence-electron chi connectivity index (χ0n) is 16.7. The second kappa shape index (κ2) is 7.97. The predicted octanol–water partition coefficient (Wildman–Crippen LogP) is 5.96. The van der Waals surface area contributed by atoms with Crippen LogP contribution in [0.3, 0.4) is 0 Å². The monoisotopic (exact) mass is 438 g/mol. The number of thiophene rings is 1. The van der Waals surface area contributed by atoms with Crippen molar-refractivity contribution < 1.29 is 9.53 Å². The van der Waals surface area contributed by atoms with Gasteiger partial charge < -0.3 is 15.4 Å². The van der Waals surface area contributed by atoms with Gasteiger partial charge in [0.25, 0.3) is 5.91 Å². The van der Waals surface area contributed by atoms with Crippen molar-refractivity contribution in [1.82, 2.24) is 5.32 Å². The van der Waals surface area contributed by atoms with Gasteiger partial charge in [-0.05, 0) is 54.5 Å².